The van der Waals surface area contributed by atoms with E-state index in [1.165, 1.54) is 0 Å². The molecule has 0 radical (unpaired) electrons. The number of pyridine rings is 1. The topological polar surface area (TPSA) is 59.8 Å². The second-order valence-corrected chi connectivity index (χ2v) is 5.55. The highest BCUT2D eigenvalue weighted by Crippen LogP contribution is 2.18. The maximum Gasteiger partial charge on any atom is 0.251 e. The summed E-state index contributed by atoms with van der Waals surface area (Å²) in [6.07, 6.45) is 5.25. The molecule has 3 rings (SSSR count). The number of aryl methyl sites for hydroxylation is 1. The van der Waals surface area contributed by atoms with Crippen molar-refractivity contribution in [3.05, 3.63) is 71.1 Å². The largest absolute Gasteiger partial charge is 0.348 e. The molecular weight excluding hydrogens is 312 g/mol. The molecule has 1 N–H and O–H groups in total. The van der Waals surface area contributed by atoms with Gasteiger partial charge >= 0.3 is 0 Å². The van der Waals surface area contributed by atoms with Gasteiger partial charge in [0.15, 0.2) is 0 Å². The summed E-state index contributed by atoms with van der Waals surface area (Å²) < 4.78 is 1.78. The molecule has 0 aliphatic carbocycles. The number of nitrogens with zero attached hydrogens (tertiary/aromatic N) is 3. The number of benzene rings is 1. The highest BCUT2D eigenvalue weighted by molar-refractivity contribution is 6.30. The summed E-state index contributed by atoms with van der Waals surface area (Å²) in [5.41, 5.74) is 3.38. The Morgan fingerprint density at radius 1 is 1.26 bits per heavy atom. The third-order valence-electron chi connectivity index (χ3n) is 3.45. The van der Waals surface area contributed by atoms with Gasteiger partial charge in [-0.2, -0.15) is 5.10 Å². The minimum Gasteiger partial charge on any atom is -0.348 e. The maximum absolute atomic E-state index is 12.1. The second-order valence-electron chi connectivity index (χ2n) is 5.11. The van der Waals surface area contributed by atoms with Crippen LogP contribution in [0.2, 0.25) is 5.02 Å². The first-order valence-corrected chi connectivity index (χ1v) is 7.47. The predicted octanol–water partition coefficient (Wildman–Crippen LogP) is 3.07. The maximum atomic E-state index is 12.1. The molecule has 3 aromatic rings. The first kappa shape index (κ1) is 15.2. The first-order valence-electron chi connectivity index (χ1n) is 7.09. The summed E-state index contributed by atoms with van der Waals surface area (Å²) >= 11 is 5.90. The number of nitrogens with one attached hydrogen (secondary N) is 1. The van der Waals surface area contributed by atoms with Crippen LogP contribution in [0.15, 0.2) is 55.0 Å². The molecule has 116 valence electrons. The Labute approximate surface area is 138 Å². The standard InChI is InChI=1S/C17H15ClN4O/c1-22-16(5-6-21-22)14-7-12(9-19-11-14)10-20-17(23)13-3-2-4-15(18)8-13/h2-9,11H,10H2,1H3,(H,20,23). The lowest BCUT2D eigenvalue weighted by atomic mass is 10.1. The smallest absolute Gasteiger partial charge is 0.251 e. The van der Waals surface area contributed by atoms with E-state index in [0.29, 0.717) is 17.1 Å². The Bertz CT molecular complexity index is 844. The Kier molecular flexibility index (Phi) is 4.39. The lowest BCUT2D eigenvalue weighted by molar-refractivity contribution is 0.0951. The van der Waals surface area contributed by atoms with Gasteiger partial charge < -0.3 is 5.32 Å². The third-order valence-corrected chi connectivity index (χ3v) is 3.69. The van der Waals surface area contributed by atoms with Crippen LogP contribution < -0.4 is 5.32 Å². The minimum absolute atomic E-state index is 0.168. The van der Waals surface area contributed by atoms with Gasteiger partial charge in [0.2, 0.25) is 0 Å². The van der Waals surface area contributed by atoms with Gasteiger partial charge in [0.25, 0.3) is 5.91 Å². The number of amides is 1. The van der Waals surface area contributed by atoms with Crippen LogP contribution in [-0.4, -0.2) is 20.7 Å². The zero-order valence-corrected chi connectivity index (χ0v) is 13.3. The molecule has 0 bridgehead atoms. The van der Waals surface area contributed by atoms with E-state index < -0.39 is 0 Å². The van der Waals surface area contributed by atoms with Gasteiger partial charge in [0.1, 0.15) is 0 Å². The van der Waals surface area contributed by atoms with Crippen LogP contribution in [-0.2, 0) is 13.6 Å². The lowest BCUT2D eigenvalue weighted by Crippen LogP contribution is -2.22. The molecule has 0 unspecified atom stereocenters. The van der Waals surface area contributed by atoms with Gasteiger partial charge in [-0.15, -0.1) is 0 Å². The van der Waals surface area contributed by atoms with Crippen molar-refractivity contribution in [3.8, 4) is 11.3 Å². The van der Waals surface area contributed by atoms with Crippen LogP contribution in [0.5, 0.6) is 0 Å². The number of halogens is 1. The molecule has 0 spiro atoms. The summed E-state index contributed by atoms with van der Waals surface area (Å²) in [4.78, 5) is 16.4. The second kappa shape index (κ2) is 6.62. The molecule has 2 aromatic heterocycles. The molecule has 5 nitrogen and oxygen atoms in total. The fraction of sp³-hybridized carbons (Fsp3) is 0.118. The van der Waals surface area contributed by atoms with Crippen LogP contribution >= 0.6 is 11.6 Å². The molecule has 23 heavy (non-hydrogen) atoms. The zero-order chi connectivity index (χ0) is 16.2. The van der Waals surface area contributed by atoms with Crippen molar-refractivity contribution >= 4 is 17.5 Å². The number of carbonyl (C=O) groups excluding carboxylic acids is 1. The van der Waals surface area contributed by atoms with Crippen LogP contribution in [0.25, 0.3) is 11.3 Å². The van der Waals surface area contributed by atoms with Crippen LogP contribution in [0.4, 0.5) is 0 Å². The normalized spacial score (nSPS) is 10.5. The van der Waals surface area contributed by atoms with Crippen LogP contribution in [0, 0.1) is 0 Å². The molecule has 0 fully saturated rings. The highest BCUT2D eigenvalue weighted by Gasteiger charge is 2.07. The van der Waals surface area contributed by atoms with Crippen molar-refractivity contribution in [2.45, 2.75) is 6.54 Å². The summed E-state index contributed by atoms with van der Waals surface area (Å²) in [5.74, 6) is -0.168. The molecule has 0 saturated heterocycles. The van der Waals surface area contributed by atoms with Gasteiger partial charge in [-0.05, 0) is 35.9 Å². The monoisotopic (exact) mass is 326 g/mol. The van der Waals surface area contributed by atoms with E-state index in [-0.39, 0.29) is 5.91 Å². The summed E-state index contributed by atoms with van der Waals surface area (Å²) in [5, 5.41) is 7.56. The van der Waals surface area contributed by atoms with E-state index in [0.717, 1.165) is 16.8 Å². The van der Waals surface area contributed by atoms with E-state index >= 15 is 0 Å². The fourth-order valence-electron chi connectivity index (χ4n) is 2.30. The Hall–Kier alpha value is -2.66. The molecule has 1 amide bonds. The Morgan fingerprint density at radius 2 is 2.13 bits per heavy atom. The van der Waals surface area contributed by atoms with E-state index in [4.69, 9.17) is 11.6 Å². The SMILES string of the molecule is Cn1nccc1-c1cncc(CNC(=O)c2cccc(Cl)c2)c1. The fourth-order valence-corrected chi connectivity index (χ4v) is 2.49. The molecule has 0 aliphatic rings. The van der Waals surface area contributed by atoms with E-state index in [2.05, 4.69) is 15.4 Å². The number of hydrogen-bond donors (Lipinski definition) is 1. The number of aromatic nitrogens is 3. The average Bonchev–Trinajstić information content (AvgIpc) is 2.99. The molecule has 0 atom stereocenters. The lowest BCUT2D eigenvalue weighted by Gasteiger charge is -2.07. The average molecular weight is 327 g/mol. The van der Waals surface area contributed by atoms with Crippen molar-refractivity contribution in [1.82, 2.24) is 20.1 Å². The van der Waals surface area contributed by atoms with Gasteiger partial charge in [-0.25, -0.2) is 0 Å². The Balaban J connectivity index is 1.72. The van der Waals surface area contributed by atoms with Gasteiger partial charge in [0, 0.05) is 48.3 Å². The molecule has 0 saturated carbocycles. The van der Waals surface area contributed by atoms with Crippen molar-refractivity contribution in [3.63, 3.8) is 0 Å². The minimum atomic E-state index is -0.168. The molecule has 1 aromatic carbocycles. The summed E-state index contributed by atoms with van der Waals surface area (Å²) in [6.45, 7) is 0.393. The number of hydrogen-bond acceptors (Lipinski definition) is 3. The predicted molar refractivity (Wildman–Crippen MR) is 89.1 cm³/mol. The molecule has 0 aliphatic heterocycles. The van der Waals surface area contributed by atoms with Gasteiger partial charge in [0.05, 0.1) is 5.69 Å². The van der Waals surface area contributed by atoms with Crippen molar-refractivity contribution in [2.24, 2.45) is 7.05 Å². The number of carbonyl (C=O) groups is 1. The molecule has 2 heterocycles. The van der Waals surface area contributed by atoms with Gasteiger partial charge in [-0.1, -0.05) is 17.7 Å². The highest BCUT2D eigenvalue weighted by atomic mass is 35.5. The zero-order valence-electron chi connectivity index (χ0n) is 12.5. The van der Waals surface area contributed by atoms with E-state index in [1.807, 2.05) is 19.2 Å². The van der Waals surface area contributed by atoms with Crippen molar-refractivity contribution < 1.29 is 4.79 Å². The Morgan fingerprint density at radius 3 is 2.87 bits per heavy atom. The molecule has 6 heteroatoms. The molecular formula is C17H15ClN4O. The van der Waals surface area contributed by atoms with Crippen LogP contribution in [0.3, 0.4) is 0 Å². The van der Waals surface area contributed by atoms with E-state index in [9.17, 15) is 4.79 Å². The summed E-state index contributed by atoms with van der Waals surface area (Å²) in [6, 6.07) is 10.8. The van der Waals surface area contributed by atoms with Gasteiger partial charge in [-0.3, -0.25) is 14.5 Å². The van der Waals surface area contributed by atoms with Crippen molar-refractivity contribution in [2.75, 3.05) is 0 Å². The van der Waals surface area contributed by atoms with E-state index in [1.54, 1.807) is 47.5 Å². The third kappa shape index (κ3) is 3.57. The van der Waals surface area contributed by atoms with Crippen LogP contribution in [0.1, 0.15) is 15.9 Å². The van der Waals surface area contributed by atoms with Crippen molar-refractivity contribution in [1.29, 1.82) is 0 Å². The summed E-state index contributed by atoms with van der Waals surface area (Å²) in [7, 11) is 1.88. The number of rotatable bonds is 4. The quantitative estimate of drug-likeness (QED) is 0.801. The first-order chi connectivity index (χ1) is 11.1.